The van der Waals surface area contributed by atoms with Gasteiger partial charge in [0, 0.05) is 19.3 Å². The Hall–Kier alpha value is -0.280. The van der Waals surface area contributed by atoms with E-state index in [1.165, 1.54) is 12.8 Å². The minimum Gasteiger partial charge on any atom is -0.356 e. The van der Waals surface area contributed by atoms with Gasteiger partial charge in [0.1, 0.15) is 5.82 Å². The molecular weight excluding hydrogens is 251 g/mol. The molecule has 13 heavy (non-hydrogen) atoms. The van der Waals surface area contributed by atoms with Crippen LogP contribution in [0, 0.1) is 0 Å². The van der Waals surface area contributed by atoms with Crippen molar-refractivity contribution in [1.29, 1.82) is 0 Å². The van der Waals surface area contributed by atoms with Gasteiger partial charge in [0.05, 0.1) is 9.50 Å². The highest BCUT2D eigenvalue weighted by molar-refractivity contribution is 9.10. The molecule has 0 aromatic carbocycles. The van der Waals surface area contributed by atoms with Crippen LogP contribution in [-0.4, -0.2) is 18.1 Å². The standard InChI is InChI=1S/C9H10BrClN2/c10-8-5-7(11)6-12-9(8)13-3-1-2-4-13/h5-6H,1-4H2. The monoisotopic (exact) mass is 260 g/mol. The van der Waals surface area contributed by atoms with Crippen LogP contribution in [0.15, 0.2) is 16.7 Å². The first-order chi connectivity index (χ1) is 6.27. The Morgan fingerprint density at radius 3 is 2.69 bits per heavy atom. The summed E-state index contributed by atoms with van der Waals surface area (Å²) in [4.78, 5) is 6.59. The van der Waals surface area contributed by atoms with E-state index in [9.17, 15) is 0 Å². The van der Waals surface area contributed by atoms with E-state index >= 15 is 0 Å². The zero-order valence-corrected chi connectivity index (χ0v) is 9.48. The van der Waals surface area contributed by atoms with E-state index in [2.05, 4.69) is 25.8 Å². The van der Waals surface area contributed by atoms with Crippen LogP contribution in [0.1, 0.15) is 12.8 Å². The van der Waals surface area contributed by atoms with Crippen molar-refractivity contribution in [2.24, 2.45) is 0 Å². The van der Waals surface area contributed by atoms with E-state index < -0.39 is 0 Å². The fraction of sp³-hybridized carbons (Fsp3) is 0.444. The highest BCUT2D eigenvalue weighted by Gasteiger charge is 2.15. The summed E-state index contributed by atoms with van der Waals surface area (Å²) in [5.74, 6) is 1.02. The predicted molar refractivity (Wildman–Crippen MR) is 58.4 cm³/mol. The van der Waals surface area contributed by atoms with Crippen molar-refractivity contribution in [3.05, 3.63) is 21.8 Å². The summed E-state index contributed by atoms with van der Waals surface area (Å²) >= 11 is 9.28. The Balaban J connectivity index is 2.29. The van der Waals surface area contributed by atoms with Crippen LogP contribution >= 0.6 is 27.5 Å². The van der Waals surface area contributed by atoms with Gasteiger partial charge in [0.15, 0.2) is 0 Å². The van der Waals surface area contributed by atoms with E-state index in [1.807, 2.05) is 6.07 Å². The second-order valence-corrected chi connectivity index (χ2v) is 4.44. The Bertz CT molecular complexity index is 310. The van der Waals surface area contributed by atoms with Gasteiger partial charge in [0.2, 0.25) is 0 Å². The average Bonchev–Trinajstić information content (AvgIpc) is 2.56. The van der Waals surface area contributed by atoms with Crippen molar-refractivity contribution in [3.63, 3.8) is 0 Å². The molecule has 2 rings (SSSR count). The zero-order valence-electron chi connectivity index (χ0n) is 7.13. The lowest BCUT2D eigenvalue weighted by molar-refractivity contribution is 0.933. The molecule has 0 spiro atoms. The van der Waals surface area contributed by atoms with E-state index in [4.69, 9.17) is 11.6 Å². The Labute approximate surface area is 91.0 Å². The first kappa shape index (κ1) is 9.28. The van der Waals surface area contributed by atoms with Crippen molar-refractivity contribution in [2.45, 2.75) is 12.8 Å². The molecule has 0 radical (unpaired) electrons. The molecule has 0 amide bonds. The molecule has 0 aliphatic carbocycles. The summed E-state index contributed by atoms with van der Waals surface area (Å²) in [6.45, 7) is 2.21. The van der Waals surface area contributed by atoms with E-state index in [1.54, 1.807) is 6.20 Å². The SMILES string of the molecule is Clc1cnc(N2CCCC2)c(Br)c1. The Morgan fingerprint density at radius 1 is 1.38 bits per heavy atom. The molecule has 1 fully saturated rings. The maximum Gasteiger partial charge on any atom is 0.142 e. The number of nitrogens with zero attached hydrogens (tertiary/aromatic N) is 2. The average molecular weight is 262 g/mol. The number of aromatic nitrogens is 1. The second-order valence-electron chi connectivity index (χ2n) is 3.15. The molecule has 4 heteroatoms. The Kier molecular flexibility index (Phi) is 2.74. The van der Waals surface area contributed by atoms with Crippen molar-refractivity contribution in [2.75, 3.05) is 18.0 Å². The van der Waals surface area contributed by atoms with Crippen LogP contribution < -0.4 is 4.90 Å². The molecule has 2 nitrogen and oxygen atoms in total. The van der Waals surface area contributed by atoms with Gasteiger partial charge in [-0.05, 0) is 34.8 Å². The first-order valence-corrected chi connectivity index (χ1v) is 5.50. The molecule has 0 N–H and O–H groups in total. The van der Waals surface area contributed by atoms with Crippen LogP contribution in [0.2, 0.25) is 5.02 Å². The van der Waals surface area contributed by atoms with Gasteiger partial charge in [0.25, 0.3) is 0 Å². The third-order valence-corrected chi connectivity index (χ3v) is 2.98. The van der Waals surface area contributed by atoms with Gasteiger partial charge in [-0.15, -0.1) is 0 Å². The summed E-state index contributed by atoms with van der Waals surface area (Å²) in [6.07, 6.45) is 4.22. The summed E-state index contributed by atoms with van der Waals surface area (Å²) in [5, 5.41) is 0.676. The fourth-order valence-electron chi connectivity index (χ4n) is 1.57. The topological polar surface area (TPSA) is 16.1 Å². The van der Waals surface area contributed by atoms with Crippen LogP contribution in [0.3, 0.4) is 0 Å². The van der Waals surface area contributed by atoms with Crippen LogP contribution in [0.4, 0.5) is 5.82 Å². The summed E-state index contributed by atoms with van der Waals surface area (Å²) in [5.41, 5.74) is 0. The van der Waals surface area contributed by atoms with Gasteiger partial charge in [-0.3, -0.25) is 0 Å². The number of hydrogen-bond donors (Lipinski definition) is 0. The maximum atomic E-state index is 5.81. The van der Waals surface area contributed by atoms with Gasteiger partial charge >= 0.3 is 0 Å². The normalized spacial score (nSPS) is 16.6. The van der Waals surface area contributed by atoms with E-state index in [0.717, 1.165) is 23.4 Å². The first-order valence-electron chi connectivity index (χ1n) is 4.33. The molecule has 1 aromatic heterocycles. The van der Waals surface area contributed by atoms with Gasteiger partial charge < -0.3 is 4.90 Å². The highest BCUT2D eigenvalue weighted by Crippen LogP contribution is 2.28. The largest absolute Gasteiger partial charge is 0.356 e. The van der Waals surface area contributed by atoms with Crippen LogP contribution in [0.25, 0.3) is 0 Å². The third kappa shape index (κ3) is 1.97. The highest BCUT2D eigenvalue weighted by atomic mass is 79.9. The molecule has 70 valence electrons. The quantitative estimate of drug-likeness (QED) is 0.772. The molecule has 1 aliphatic heterocycles. The van der Waals surface area contributed by atoms with Gasteiger partial charge in [-0.2, -0.15) is 0 Å². The molecule has 0 saturated carbocycles. The van der Waals surface area contributed by atoms with Crippen LogP contribution in [0.5, 0.6) is 0 Å². The van der Waals surface area contributed by atoms with Gasteiger partial charge in [-0.25, -0.2) is 4.98 Å². The van der Waals surface area contributed by atoms with Gasteiger partial charge in [-0.1, -0.05) is 11.6 Å². The lowest BCUT2D eigenvalue weighted by Crippen LogP contribution is -2.19. The van der Waals surface area contributed by atoms with Crippen molar-refractivity contribution in [3.8, 4) is 0 Å². The molecule has 0 unspecified atom stereocenters. The molecule has 1 aliphatic rings. The lowest BCUT2D eigenvalue weighted by atomic mass is 10.4. The third-order valence-electron chi connectivity index (χ3n) is 2.19. The number of rotatable bonds is 1. The minimum absolute atomic E-state index is 0.676. The number of halogens is 2. The fourth-order valence-corrected chi connectivity index (χ4v) is 2.46. The molecular formula is C9H10BrClN2. The molecule has 2 heterocycles. The van der Waals surface area contributed by atoms with E-state index in [0.29, 0.717) is 5.02 Å². The minimum atomic E-state index is 0.676. The number of hydrogen-bond acceptors (Lipinski definition) is 2. The predicted octanol–water partition coefficient (Wildman–Crippen LogP) is 3.10. The smallest absolute Gasteiger partial charge is 0.142 e. The summed E-state index contributed by atoms with van der Waals surface area (Å²) < 4.78 is 0.988. The van der Waals surface area contributed by atoms with Crippen molar-refractivity contribution < 1.29 is 0 Å². The number of anilines is 1. The van der Waals surface area contributed by atoms with Crippen LogP contribution in [-0.2, 0) is 0 Å². The number of pyridine rings is 1. The molecule has 0 atom stereocenters. The zero-order chi connectivity index (χ0) is 9.26. The van der Waals surface area contributed by atoms with Crippen molar-refractivity contribution in [1.82, 2.24) is 4.98 Å². The molecule has 0 bridgehead atoms. The molecule has 1 aromatic rings. The second kappa shape index (κ2) is 3.84. The Morgan fingerprint density at radius 2 is 2.08 bits per heavy atom. The summed E-state index contributed by atoms with van der Waals surface area (Å²) in [6, 6.07) is 1.89. The molecule has 1 saturated heterocycles. The lowest BCUT2D eigenvalue weighted by Gasteiger charge is -2.17. The van der Waals surface area contributed by atoms with Crippen molar-refractivity contribution >= 4 is 33.3 Å². The summed E-state index contributed by atoms with van der Waals surface area (Å²) in [7, 11) is 0. The van der Waals surface area contributed by atoms with E-state index in [-0.39, 0.29) is 0 Å². The maximum absolute atomic E-state index is 5.81.